The Hall–Kier alpha value is -1.79. The zero-order valence-electron chi connectivity index (χ0n) is 12.7. The van der Waals surface area contributed by atoms with Crippen molar-refractivity contribution < 1.29 is 22.7 Å². The Morgan fingerprint density at radius 3 is 2.43 bits per heavy atom. The molecule has 0 atom stereocenters. The minimum atomic E-state index is -4.38. The number of alkyl halides is 3. The van der Waals surface area contributed by atoms with Crippen molar-refractivity contribution in [3.05, 3.63) is 23.9 Å². The summed E-state index contributed by atoms with van der Waals surface area (Å²) in [5.74, 6) is 1.03. The third kappa shape index (κ3) is 4.14. The van der Waals surface area contributed by atoms with Crippen molar-refractivity contribution in [3.63, 3.8) is 0 Å². The number of piperidine rings is 1. The number of aromatic nitrogens is 1. The molecule has 0 aromatic carbocycles. The Morgan fingerprint density at radius 2 is 1.91 bits per heavy atom. The van der Waals surface area contributed by atoms with E-state index in [9.17, 15) is 18.0 Å². The second-order valence-corrected chi connectivity index (χ2v) is 6.24. The summed E-state index contributed by atoms with van der Waals surface area (Å²) in [5, 5.41) is 0. The van der Waals surface area contributed by atoms with Crippen molar-refractivity contribution in [2.45, 2.75) is 31.9 Å². The largest absolute Gasteiger partial charge is 0.477 e. The Morgan fingerprint density at radius 1 is 1.22 bits per heavy atom. The first-order valence-corrected chi connectivity index (χ1v) is 7.88. The molecule has 1 saturated heterocycles. The van der Waals surface area contributed by atoms with Crippen molar-refractivity contribution in [1.29, 1.82) is 0 Å². The highest BCUT2D eigenvalue weighted by atomic mass is 19.4. The van der Waals surface area contributed by atoms with Gasteiger partial charge in [0.05, 0.1) is 12.2 Å². The summed E-state index contributed by atoms with van der Waals surface area (Å²) < 4.78 is 42.8. The molecule has 1 aliphatic carbocycles. The number of hydrogen-bond donors (Lipinski definition) is 0. The zero-order chi connectivity index (χ0) is 16.4. The average molecular weight is 328 g/mol. The van der Waals surface area contributed by atoms with Gasteiger partial charge in [-0.2, -0.15) is 13.2 Å². The van der Waals surface area contributed by atoms with Gasteiger partial charge in [-0.25, -0.2) is 4.98 Å². The van der Waals surface area contributed by atoms with Crippen LogP contribution in [-0.2, 0) is 11.0 Å². The van der Waals surface area contributed by atoms with Gasteiger partial charge in [0.1, 0.15) is 0 Å². The molecule has 2 heterocycles. The van der Waals surface area contributed by atoms with Gasteiger partial charge in [0.2, 0.25) is 11.8 Å². The number of pyridine rings is 1. The van der Waals surface area contributed by atoms with Crippen LogP contribution in [0.25, 0.3) is 0 Å². The molecule has 0 unspecified atom stereocenters. The van der Waals surface area contributed by atoms with Crippen LogP contribution in [0, 0.1) is 11.8 Å². The maximum atomic E-state index is 12.4. The van der Waals surface area contributed by atoms with Gasteiger partial charge in [0.25, 0.3) is 0 Å². The van der Waals surface area contributed by atoms with E-state index in [0.29, 0.717) is 12.5 Å². The SMILES string of the molecule is O=C(C1CC1)N1CCC(COc2ccc(C(F)(F)F)cn2)CC1. The average Bonchev–Trinajstić information content (AvgIpc) is 3.37. The number of carbonyl (C=O) groups is 1. The first-order valence-electron chi connectivity index (χ1n) is 7.88. The highest BCUT2D eigenvalue weighted by Crippen LogP contribution is 2.32. The highest BCUT2D eigenvalue weighted by molar-refractivity contribution is 5.81. The van der Waals surface area contributed by atoms with E-state index < -0.39 is 11.7 Å². The molecule has 1 aromatic heterocycles. The van der Waals surface area contributed by atoms with E-state index in [4.69, 9.17) is 4.74 Å². The molecule has 2 aliphatic rings. The van der Waals surface area contributed by atoms with Crippen LogP contribution in [0.2, 0.25) is 0 Å². The van der Waals surface area contributed by atoms with E-state index in [1.807, 2.05) is 4.90 Å². The van der Waals surface area contributed by atoms with Gasteiger partial charge in [0.15, 0.2) is 0 Å². The first-order chi connectivity index (χ1) is 10.9. The predicted octanol–water partition coefficient (Wildman–Crippen LogP) is 3.13. The monoisotopic (exact) mass is 328 g/mol. The summed E-state index contributed by atoms with van der Waals surface area (Å²) in [6.07, 6.45) is 0.153. The molecule has 4 nitrogen and oxygen atoms in total. The number of carbonyl (C=O) groups excluding carboxylic acids is 1. The van der Waals surface area contributed by atoms with Crippen molar-refractivity contribution >= 4 is 5.91 Å². The molecule has 0 bridgehead atoms. The van der Waals surface area contributed by atoms with Crippen LogP contribution in [0.4, 0.5) is 13.2 Å². The van der Waals surface area contributed by atoms with E-state index in [1.54, 1.807) is 0 Å². The molecule has 1 amide bonds. The summed E-state index contributed by atoms with van der Waals surface area (Å²) in [4.78, 5) is 17.6. The molecule has 1 aliphatic heterocycles. The van der Waals surface area contributed by atoms with Crippen molar-refractivity contribution in [3.8, 4) is 5.88 Å². The van der Waals surface area contributed by atoms with Crippen molar-refractivity contribution in [1.82, 2.24) is 9.88 Å². The second-order valence-electron chi connectivity index (χ2n) is 6.24. The number of hydrogen-bond acceptors (Lipinski definition) is 3. The number of halogens is 3. The van der Waals surface area contributed by atoms with Crippen LogP contribution in [0.15, 0.2) is 18.3 Å². The lowest BCUT2D eigenvalue weighted by molar-refractivity contribution is -0.138. The Bertz CT molecular complexity index is 547. The molecule has 0 radical (unpaired) electrons. The molecule has 1 saturated carbocycles. The van der Waals surface area contributed by atoms with Gasteiger partial charge in [0, 0.05) is 31.3 Å². The summed E-state index contributed by atoms with van der Waals surface area (Å²) in [5.41, 5.74) is -0.781. The molecular weight excluding hydrogens is 309 g/mol. The van der Waals surface area contributed by atoms with Crippen LogP contribution in [0.3, 0.4) is 0 Å². The van der Waals surface area contributed by atoms with Gasteiger partial charge in [-0.05, 0) is 37.7 Å². The fraction of sp³-hybridized carbons (Fsp3) is 0.625. The summed E-state index contributed by atoms with van der Waals surface area (Å²) in [7, 11) is 0. The second kappa shape index (κ2) is 6.37. The molecule has 0 spiro atoms. The minimum Gasteiger partial charge on any atom is -0.477 e. The Kier molecular flexibility index (Phi) is 4.46. The quantitative estimate of drug-likeness (QED) is 0.853. The van der Waals surface area contributed by atoms with Gasteiger partial charge in [-0.3, -0.25) is 4.79 Å². The molecule has 7 heteroatoms. The standard InChI is InChI=1S/C16H19F3N2O2/c17-16(18,19)13-3-4-14(20-9-13)23-10-11-5-7-21(8-6-11)15(22)12-1-2-12/h3-4,9,11-12H,1-2,5-8,10H2. The highest BCUT2D eigenvalue weighted by Gasteiger charge is 2.35. The molecule has 3 rings (SSSR count). The van der Waals surface area contributed by atoms with Crippen molar-refractivity contribution in [2.24, 2.45) is 11.8 Å². The molecule has 23 heavy (non-hydrogen) atoms. The van der Waals surface area contributed by atoms with Crippen LogP contribution in [0.5, 0.6) is 5.88 Å². The van der Waals surface area contributed by atoms with Crippen LogP contribution >= 0.6 is 0 Å². The van der Waals surface area contributed by atoms with E-state index in [0.717, 1.165) is 51.0 Å². The van der Waals surface area contributed by atoms with E-state index in [1.165, 1.54) is 6.07 Å². The zero-order valence-corrected chi connectivity index (χ0v) is 12.7. The minimum absolute atomic E-state index is 0.203. The van der Waals surface area contributed by atoms with Crippen LogP contribution in [-0.4, -0.2) is 35.5 Å². The lowest BCUT2D eigenvalue weighted by atomic mass is 9.97. The number of amides is 1. The third-order valence-electron chi connectivity index (χ3n) is 4.38. The maximum absolute atomic E-state index is 12.4. The Balaban J connectivity index is 1.43. The number of rotatable bonds is 4. The normalized spacial score (nSPS) is 19.7. The number of likely N-dealkylation sites (tertiary alicyclic amines) is 1. The number of nitrogens with zero attached hydrogens (tertiary/aromatic N) is 2. The van der Waals surface area contributed by atoms with E-state index in [-0.39, 0.29) is 17.7 Å². The lowest BCUT2D eigenvalue weighted by Gasteiger charge is -2.32. The van der Waals surface area contributed by atoms with Gasteiger partial charge >= 0.3 is 6.18 Å². The third-order valence-corrected chi connectivity index (χ3v) is 4.38. The first kappa shape index (κ1) is 16.1. The number of ether oxygens (including phenoxy) is 1. The molecule has 0 N–H and O–H groups in total. The molecular formula is C16H19F3N2O2. The van der Waals surface area contributed by atoms with Crippen molar-refractivity contribution in [2.75, 3.05) is 19.7 Å². The summed E-state index contributed by atoms with van der Waals surface area (Å²) in [6, 6.07) is 2.22. The van der Waals surface area contributed by atoms with E-state index >= 15 is 0 Å². The van der Waals surface area contributed by atoms with Crippen LogP contribution in [0.1, 0.15) is 31.2 Å². The predicted molar refractivity (Wildman–Crippen MR) is 76.8 cm³/mol. The smallest absolute Gasteiger partial charge is 0.417 e. The van der Waals surface area contributed by atoms with Gasteiger partial charge in [-0.1, -0.05) is 0 Å². The lowest BCUT2D eigenvalue weighted by Crippen LogP contribution is -2.40. The van der Waals surface area contributed by atoms with Gasteiger partial charge < -0.3 is 9.64 Å². The molecule has 126 valence electrons. The van der Waals surface area contributed by atoms with Crippen LogP contribution < -0.4 is 4.74 Å². The summed E-state index contributed by atoms with van der Waals surface area (Å²) >= 11 is 0. The fourth-order valence-electron chi connectivity index (χ4n) is 2.75. The van der Waals surface area contributed by atoms with Gasteiger partial charge in [-0.15, -0.1) is 0 Å². The van der Waals surface area contributed by atoms with E-state index in [2.05, 4.69) is 4.98 Å². The Labute approximate surface area is 132 Å². The topological polar surface area (TPSA) is 42.4 Å². The summed E-state index contributed by atoms with van der Waals surface area (Å²) in [6.45, 7) is 1.90. The molecule has 1 aromatic rings. The maximum Gasteiger partial charge on any atom is 0.417 e. The fourth-order valence-corrected chi connectivity index (χ4v) is 2.75. The molecule has 2 fully saturated rings.